The predicted octanol–water partition coefficient (Wildman–Crippen LogP) is 1.07. The van der Waals surface area contributed by atoms with Crippen molar-refractivity contribution in [2.45, 2.75) is 19.3 Å². The highest BCUT2D eigenvalue weighted by Crippen LogP contribution is 2.31. The molecule has 54 valence electrons. The summed E-state index contributed by atoms with van der Waals surface area (Å²) in [4.78, 5) is 6.78. The topological polar surface area (TPSA) is 48.9 Å². The Morgan fingerprint density at radius 1 is 1.70 bits per heavy atom. The van der Waals surface area contributed by atoms with Crippen molar-refractivity contribution in [3.05, 3.63) is 12.0 Å². The van der Waals surface area contributed by atoms with E-state index >= 15 is 0 Å². The summed E-state index contributed by atoms with van der Waals surface area (Å²) in [5.41, 5.74) is 0. The molecule has 0 amide bonds. The maximum Gasteiger partial charge on any atom is 0.208 e. The van der Waals surface area contributed by atoms with Crippen molar-refractivity contribution in [1.82, 2.24) is 9.97 Å². The molecule has 0 atom stereocenters. The summed E-state index contributed by atoms with van der Waals surface area (Å²) in [7, 11) is 0. The second kappa shape index (κ2) is 2.01. The van der Waals surface area contributed by atoms with E-state index in [-0.39, 0.29) is 5.88 Å². The monoisotopic (exact) mass is 138 g/mol. The van der Waals surface area contributed by atoms with Gasteiger partial charge in [0.25, 0.3) is 0 Å². The molecule has 1 heterocycles. The second-order valence-electron chi connectivity index (χ2n) is 2.86. The van der Waals surface area contributed by atoms with Crippen molar-refractivity contribution in [2.75, 3.05) is 0 Å². The third-order valence-electron chi connectivity index (χ3n) is 1.79. The Hall–Kier alpha value is -0.990. The van der Waals surface area contributed by atoms with Gasteiger partial charge in [0.05, 0.1) is 6.20 Å². The van der Waals surface area contributed by atoms with E-state index in [1.807, 2.05) is 0 Å². The second-order valence-corrected chi connectivity index (χ2v) is 2.86. The summed E-state index contributed by atoms with van der Waals surface area (Å²) in [6.45, 7) is 0. The molecular formula is C7H10N2O. The van der Waals surface area contributed by atoms with Gasteiger partial charge in [-0.1, -0.05) is 0 Å². The van der Waals surface area contributed by atoms with Crippen LogP contribution in [0.2, 0.25) is 0 Å². The highest BCUT2D eigenvalue weighted by molar-refractivity contribution is 5.06. The Morgan fingerprint density at radius 2 is 2.50 bits per heavy atom. The molecule has 2 N–H and O–H groups in total. The zero-order chi connectivity index (χ0) is 6.97. The van der Waals surface area contributed by atoms with Crippen LogP contribution in [0.5, 0.6) is 5.88 Å². The summed E-state index contributed by atoms with van der Waals surface area (Å²) in [5.74, 6) is 1.92. The Morgan fingerprint density at radius 3 is 3.00 bits per heavy atom. The SMILES string of the molecule is Oc1cnc(CC2CC2)[nH]1. The third-order valence-corrected chi connectivity index (χ3v) is 1.79. The molecule has 3 heteroatoms. The molecule has 0 spiro atoms. The lowest BCUT2D eigenvalue weighted by atomic mass is 10.3. The van der Waals surface area contributed by atoms with Crippen molar-refractivity contribution in [3.8, 4) is 5.88 Å². The number of imidazole rings is 1. The third kappa shape index (κ3) is 1.12. The normalized spacial score (nSPS) is 17.6. The first-order chi connectivity index (χ1) is 4.84. The Bertz CT molecular complexity index is 227. The molecule has 0 radical (unpaired) electrons. The lowest BCUT2D eigenvalue weighted by Crippen LogP contribution is -1.88. The van der Waals surface area contributed by atoms with Gasteiger partial charge in [-0.15, -0.1) is 0 Å². The molecule has 0 saturated heterocycles. The van der Waals surface area contributed by atoms with Crippen LogP contribution >= 0.6 is 0 Å². The van der Waals surface area contributed by atoms with E-state index in [0.29, 0.717) is 0 Å². The van der Waals surface area contributed by atoms with Gasteiger partial charge in [0.15, 0.2) is 0 Å². The van der Waals surface area contributed by atoms with Crippen molar-refractivity contribution >= 4 is 0 Å². The number of H-pyrrole nitrogens is 1. The molecule has 1 aliphatic carbocycles. The zero-order valence-electron chi connectivity index (χ0n) is 5.67. The van der Waals surface area contributed by atoms with E-state index in [1.54, 1.807) is 0 Å². The van der Waals surface area contributed by atoms with Crippen LogP contribution in [0.1, 0.15) is 18.7 Å². The molecule has 10 heavy (non-hydrogen) atoms. The van der Waals surface area contributed by atoms with Crippen LogP contribution in [-0.2, 0) is 6.42 Å². The zero-order valence-corrected chi connectivity index (χ0v) is 5.67. The number of aromatic amines is 1. The highest BCUT2D eigenvalue weighted by atomic mass is 16.3. The van der Waals surface area contributed by atoms with E-state index in [9.17, 15) is 0 Å². The summed E-state index contributed by atoms with van der Waals surface area (Å²) in [5, 5.41) is 8.87. The Labute approximate surface area is 59.1 Å². The van der Waals surface area contributed by atoms with E-state index < -0.39 is 0 Å². The molecule has 2 rings (SSSR count). The fourth-order valence-electron chi connectivity index (χ4n) is 1.05. The minimum absolute atomic E-state index is 0.177. The molecule has 1 aliphatic rings. The quantitative estimate of drug-likeness (QED) is 0.642. The molecule has 0 aromatic carbocycles. The van der Waals surface area contributed by atoms with Crippen LogP contribution in [-0.4, -0.2) is 15.1 Å². The number of nitrogens with one attached hydrogen (secondary N) is 1. The van der Waals surface area contributed by atoms with Gasteiger partial charge in [-0.3, -0.25) is 0 Å². The number of rotatable bonds is 2. The molecular weight excluding hydrogens is 128 g/mol. The molecule has 1 aromatic heterocycles. The average molecular weight is 138 g/mol. The smallest absolute Gasteiger partial charge is 0.208 e. The summed E-state index contributed by atoms with van der Waals surface area (Å²) in [6.07, 6.45) is 5.10. The van der Waals surface area contributed by atoms with Gasteiger partial charge in [-0.25, -0.2) is 4.98 Å². The Balaban J connectivity index is 2.03. The molecule has 1 aromatic rings. The van der Waals surface area contributed by atoms with Crippen LogP contribution < -0.4 is 0 Å². The number of hydrogen-bond acceptors (Lipinski definition) is 2. The predicted molar refractivity (Wildman–Crippen MR) is 36.7 cm³/mol. The van der Waals surface area contributed by atoms with E-state index in [2.05, 4.69) is 9.97 Å². The molecule has 1 fully saturated rings. The van der Waals surface area contributed by atoms with Crippen LogP contribution in [0.3, 0.4) is 0 Å². The first-order valence-corrected chi connectivity index (χ1v) is 3.57. The average Bonchev–Trinajstić information content (AvgIpc) is 2.59. The van der Waals surface area contributed by atoms with Gasteiger partial charge in [0.1, 0.15) is 5.82 Å². The Kier molecular flexibility index (Phi) is 1.16. The van der Waals surface area contributed by atoms with Crippen molar-refractivity contribution in [2.24, 2.45) is 5.92 Å². The number of hydrogen-bond donors (Lipinski definition) is 2. The molecule has 0 unspecified atom stereocenters. The maximum absolute atomic E-state index is 8.87. The van der Waals surface area contributed by atoms with Gasteiger partial charge >= 0.3 is 0 Å². The minimum Gasteiger partial charge on any atom is -0.493 e. The van der Waals surface area contributed by atoms with Crippen molar-refractivity contribution in [1.29, 1.82) is 0 Å². The van der Waals surface area contributed by atoms with E-state index in [1.165, 1.54) is 19.0 Å². The van der Waals surface area contributed by atoms with Gasteiger partial charge in [-0.05, 0) is 18.8 Å². The summed E-state index contributed by atoms with van der Waals surface area (Å²) < 4.78 is 0. The summed E-state index contributed by atoms with van der Waals surface area (Å²) >= 11 is 0. The van der Waals surface area contributed by atoms with Crippen molar-refractivity contribution < 1.29 is 5.11 Å². The van der Waals surface area contributed by atoms with Crippen LogP contribution in [0, 0.1) is 5.92 Å². The van der Waals surface area contributed by atoms with Crippen molar-refractivity contribution in [3.63, 3.8) is 0 Å². The number of aromatic nitrogens is 2. The van der Waals surface area contributed by atoms with Gasteiger partial charge < -0.3 is 10.1 Å². The van der Waals surface area contributed by atoms with E-state index in [0.717, 1.165) is 18.2 Å². The number of nitrogens with zero attached hydrogens (tertiary/aromatic N) is 1. The van der Waals surface area contributed by atoms with Gasteiger partial charge in [-0.2, -0.15) is 0 Å². The van der Waals surface area contributed by atoms with Crippen LogP contribution in [0.15, 0.2) is 6.20 Å². The lowest BCUT2D eigenvalue weighted by Gasteiger charge is -1.89. The molecule has 0 bridgehead atoms. The van der Waals surface area contributed by atoms with Crippen LogP contribution in [0.25, 0.3) is 0 Å². The molecule has 3 nitrogen and oxygen atoms in total. The van der Waals surface area contributed by atoms with Gasteiger partial charge in [0.2, 0.25) is 5.88 Å². The lowest BCUT2D eigenvalue weighted by molar-refractivity contribution is 0.455. The van der Waals surface area contributed by atoms with Crippen LogP contribution in [0.4, 0.5) is 0 Å². The van der Waals surface area contributed by atoms with Gasteiger partial charge in [0, 0.05) is 6.42 Å². The fourth-order valence-corrected chi connectivity index (χ4v) is 1.05. The fraction of sp³-hybridized carbons (Fsp3) is 0.571. The summed E-state index contributed by atoms with van der Waals surface area (Å²) in [6, 6.07) is 0. The minimum atomic E-state index is 0.177. The molecule has 1 saturated carbocycles. The van der Waals surface area contributed by atoms with E-state index in [4.69, 9.17) is 5.11 Å². The first-order valence-electron chi connectivity index (χ1n) is 3.57. The molecule has 0 aliphatic heterocycles. The number of aromatic hydroxyl groups is 1. The maximum atomic E-state index is 8.87. The largest absolute Gasteiger partial charge is 0.493 e. The highest BCUT2D eigenvalue weighted by Gasteiger charge is 2.22. The first kappa shape index (κ1) is 5.77. The standard InChI is InChI=1S/C7H10N2O/c10-7-4-8-6(9-7)3-5-1-2-5/h4-5,10H,1-3H2,(H,8,9).